The van der Waals surface area contributed by atoms with E-state index in [-0.39, 0.29) is 23.6 Å². The van der Waals surface area contributed by atoms with Gasteiger partial charge in [0.2, 0.25) is 0 Å². The predicted molar refractivity (Wildman–Crippen MR) is 121 cm³/mol. The standard InChI is InChI=1S/C24H19ClN4O3/c25-17-9-7-15(8-10-17)23-13-21(29-32-23)24(31)28-20(18-5-1-2-6-22(18)30)12-19(26)16-4-3-11-27-14-16/h1-11,13-14,20,26,30H,12H2,(H,28,31). The molecule has 0 radical (unpaired) electrons. The van der Waals surface area contributed by atoms with Crippen LogP contribution in [-0.2, 0) is 0 Å². The number of phenols is 1. The largest absolute Gasteiger partial charge is 0.508 e. The number of aromatic nitrogens is 2. The maximum Gasteiger partial charge on any atom is 0.273 e. The molecule has 0 spiro atoms. The number of hydrogen-bond donors (Lipinski definition) is 3. The molecule has 2 aromatic carbocycles. The van der Waals surface area contributed by atoms with Gasteiger partial charge in [0.15, 0.2) is 11.5 Å². The first-order valence-electron chi connectivity index (χ1n) is 9.80. The Labute approximate surface area is 189 Å². The van der Waals surface area contributed by atoms with E-state index in [2.05, 4.69) is 15.5 Å². The lowest BCUT2D eigenvalue weighted by Crippen LogP contribution is -2.30. The Hall–Kier alpha value is -3.97. The number of nitrogens with zero attached hydrogens (tertiary/aromatic N) is 2. The van der Waals surface area contributed by atoms with Crippen LogP contribution in [0, 0.1) is 5.41 Å². The van der Waals surface area contributed by atoms with E-state index in [4.69, 9.17) is 21.5 Å². The average Bonchev–Trinajstić information content (AvgIpc) is 3.30. The van der Waals surface area contributed by atoms with Crippen molar-refractivity contribution in [2.45, 2.75) is 12.5 Å². The molecule has 4 aromatic rings. The summed E-state index contributed by atoms with van der Waals surface area (Å²) < 4.78 is 5.32. The number of nitrogens with one attached hydrogen (secondary N) is 2. The summed E-state index contributed by atoms with van der Waals surface area (Å²) in [5.41, 5.74) is 2.22. The van der Waals surface area contributed by atoms with E-state index in [1.54, 1.807) is 67.0 Å². The molecule has 2 aromatic heterocycles. The molecule has 0 saturated heterocycles. The van der Waals surface area contributed by atoms with Gasteiger partial charge in [0.05, 0.1) is 6.04 Å². The highest BCUT2D eigenvalue weighted by Gasteiger charge is 2.23. The zero-order valence-electron chi connectivity index (χ0n) is 16.8. The number of amides is 1. The summed E-state index contributed by atoms with van der Waals surface area (Å²) in [4.78, 5) is 17.0. The van der Waals surface area contributed by atoms with Gasteiger partial charge < -0.3 is 20.4 Å². The van der Waals surface area contributed by atoms with Crippen LogP contribution < -0.4 is 5.32 Å². The van der Waals surface area contributed by atoms with Gasteiger partial charge in [0.1, 0.15) is 5.75 Å². The lowest BCUT2D eigenvalue weighted by atomic mass is 9.97. The third kappa shape index (κ3) is 4.84. The second-order valence-electron chi connectivity index (χ2n) is 7.09. The molecule has 3 N–H and O–H groups in total. The second-order valence-corrected chi connectivity index (χ2v) is 7.53. The molecule has 32 heavy (non-hydrogen) atoms. The summed E-state index contributed by atoms with van der Waals surface area (Å²) in [6.45, 7) is 0. The van der Waals surface area contributed by atoms with Gasteiger partial charge in [-0.15, -0.1) is 0 Å². The maximum atomic E-state index is 12.9. The van der Waals surface area contributed by atoms with Gasteiger partial charge in [-0.25, -0.2) is 0 Å². The zero-order chi connectivity index (χ0) is 22.5. The molecule has 0 aliphatic heterocycles. The van der Waals surface area contributed by atoms with Crippen molar-refractivity contribution in [3.05, 3.63) is 101 Å². The van der Waals surface area contributed by atoms with Crippen LogP contribution in [0.2, 0.25) is 5.02 Å². The first-order chi connectivity index (χ1) is 15.5. The van der Waals surface area contributed by atoms with E-state index in [9.17, 15) is 9.90 Å². The fraction of sp³-hybridized carbons (Fsp3) is 0.0833. The van der Waals surface area contributed by atoms with Crippen LogP contribution in [-0.4, -0.2) is 26.9 Å². The molecule has 0 aliphatic carbocycles. The number of carbonyl (C=O) groups is 1. The molecule has 1 unspecified atom stereocenters. The SMILES string of the molecule is N=C(CC(NC(=O)c1cc(-c2ccc(Cl)cc2)on1)c1ccccc1O)c1cccnc1. The highest BCUT2D eigenvalue weighted by atomic mass is 35.5. The number of phenolic OH excluding ortho intramolecular Hbond substituents is 1. The highest BCUT2D eigenvalue weighted by molar-refractivity contribution is 6.30. The average molecular weight is 447 g/mol. The minimum absolute atomic E-state index is 0.0267. The van der Waals surface area contributed by atoms with Crippen molar-refractivity contribution in [1.82, 2.24) is 15.5 Å². The fourth-order valence-corrected chi connectivity index (χ4v) is 3.37. The van der Waals surface area contributed by atoms with Crippen molar-refractivity contribution in [3.63, 3.8) is 0 Å². The minimum Gasteiger partial charge on any atom is -0.508 e. The molecule has 1 atom stereocenters. The molecule has 7 nitrogen and oxygen atoms in total. The molecule has 160 valence electrons. The van der Waals surface area contributed by atoms with Gasteiger partial charge in [-0.05, 0) is 36.4 Å². The Kier molecular flexibility index (Phi) is 6.28. The molecule has 0 bridgehead atoms. The summed E-state index contributed by atoms with van der Waals surface area (Å²) in [6.07, 6.45) is 3.36. The van der Waals surface area contributed by atoms with Crippen molar-refractivity contribution in [3.8, 4) is 17.1 Å². The molecule has 0 saturated carbocycles. The summed E-state index contributed by atoms with van der Waals surface area (Å²) in [5, 5.41) is 26.1. The molecule has 0 aliphatic rings. The van der Waals surface area contributed by atoms with Gasteiger partial charge in [0.25, 0.3) is 5.91 Å². The summed E-state index contributed by atoms with van der Waals surface area (Å²) in [6, 6.07) is 18.1. The van der Waals surface area contributed by atoms with Crippen molar-refractivity contribution >= 4 is 23.2 Å². The van der Waals surface area contributed by atoms with Crippen LogP contribution in [0.1, 0.15) is 34.1 Å². The van der Waals surface area contributed by atoms with E-state index >= 15 is 0 Å². The number of halogens is 1. The van der Waals surface area contributed by atoms with E-state index in [0.29, 0.717) is 21.9 Å². The topological polar surface area (TPSA) is 112 Å². The molecule has 0 fully saturated rings. The Balaban J connectivity index is 1.57. The lowest BCUT2D eigenvalue weighted by molar-refractivity contribution is 0.0928. The number of hydrogen-bond acceptors (Lipinski definition) is 6. The summed E-state index contributed by atoms with van der Waals surface area (Å²) in [5.74, 6) is -0.0333. The van der Waals surface area contributed by atoms with E-state index in [1.807, 2.05) is 0 Å². The van der Waals surface area contributed by atoms with Gasteiger partial charge in [-0.2, -0.15) is 0 Å². The van der Waals surface area contributed by atoms with Gasteiger partial charge >= 0.3 is 0 Å². The smallest absolute Gasteiger partial charge is 0.273 e. The quantitative estimate of drug-likeness (QED) is 0.345. The van der Waals surface area contributed by atoms with Crippen molar-refractivity contribution < 1.29 is 14.4 Å². The molecule has 8 heteroatoms. The Morgan fingerprint density at radius 2 is 1.91 bits per heavy atom. The van der Waals surface area contributed by atoms with Crippen molar-refractivity contribution in [2.75, 3.05) is 0 Å². The number of aromatic hydroxyl groups is 1. The van der Waals surface area contributed by atoms with Crippen LogP contribution in [0.4, 0.5) is 0 Å². The van der Waals surface area contributed by atoms with Crippen LogP contribution in [0.3, 0.4) is 0 Å². The minimum atomic E-state index is -0.660. The molecule has 4 rings (SSSR count). The Bertz CT molecular complexity index is 1240. The molecule has 1 amide bonds. The van der Waals surface area contributed by atoms with E-state index in [1.165, 1.54) is 12.1 Å². The van der Waals surface area contributed by atoms with Gasteiger partial charge in [0, 0.05) is 52.3 Å². The maximum absolute atomic E-state index is 12.9. The molecule has 2 heterocycles. The van der Waals surface area contributed by atoms with Crippen LogP contribution >= 0.6 is 11.6 Å². The third-order valence-electron chi connectivity index (χ3n) is 4.91. The second kappa shape index (κ2) is 9.45. The first kappa shape index (κ1) is 21.3. The van der Waals surface area contributed by atoms with Crippen molar-refractivity contribution in [2.24, 2.45) is 0 Å². The number of para-hydroxylation sites is 1. The summed E-state index contributed by atoms with van der Waals surface area (Å²) in [7, 11) is 0. The zero-order valence-corrected chi connectivity index (χ0v) is 17.6. The highest BCUT2D eigenvalue weighted by Crippen LogP contribution is 2.28. The number of rotatable bonds is 7. The molecular weight excluding hydrogens is 428 g/mol. The van der Waals surface area contributed by atoms with E-state index in [0.717, 1.165) is 5.56 Å². The first-order valence-corrected chi connectivity index (χ1v) is 10.2. The summed E-state index contributed by atoms with van der Waals surface area (Å²) >= 11 is 5.92. The van der Waals surface area contributed by atoms with Crippen LogP contribution in [0.5, 0.6) is 5.75 Å². The number of carbonyl (C=O) groups excluding carboxylic acids is 1. The third-order valence-corrected chi connectivity index (χ3v) is 5.16. The van der Waals surface area contributed by atoms with Crippen molar-refractivity contribution in [1.29, 1.82) is 5.41 Å². The van der Waals surface area contributed by atoms with Crippen LogP contribution in [0.15, 0.2) is 83.6 Å². The van der Waals surface area contributed by atoms with Crippen LogP contribution in [0.25, 0.3) is 11.3 Å². The van der Waals surface area contributed by atoms with Gasteiger partial charge in [-0.3, -0.25) is 9.78 Å². The normalized spacial score (nSPS) is 11.7. The lowest BCUT2D eigenvalue weighted by Gasteiger charge is -2.20. The number of benzene rings is 2. The predicted octanol–water partition coefficient (Wildman–Crippen LogP) is 5.02. The Morgan fingerprint density at radius 3 is 2.62 bits per heavy atom. The fourth-order valence-electron chi connectivity index (χ4n) is 3.25. The Morgan fingerprint density at radius 1 is 1.12 bits per heavy atom. The monoisotopic (exact) mass is 446 g/mol. The van der Waals surface area contributed by atoms with Gasteiger partial charge in [-0.1, -0.05) is 41.0 Å². The molecular formula is C24H19ClN4O3. The number of pyridine rings is 1. The van der Waals surface area contributed by atoms with E-state index < -0.39 is 11.9 Å².